The maximum atomic E-state index is 12.8. The maximum absolute atomic E-state index is 12.8. The van der Waals surface area contributed by atoms with Crippen LogP contribution in [0.2, 0.25) is 0 Å². The topological polar surface area (TPSA) is 82.7 Å². The highest BCUT2D eigenvalue weighted by Gasteiger charge is 2.34. The number of anilines is 2. The summed E-state index contributed by atoms with van der Waals surface area (Å²) >= 11 is 8.90. The van der Waals surface area contributed by atoms with Crippen molar-refractivity contribution in [1.29, 1.82) is 0 Å². The van der Waals surface area contributed by atoms with Gasteiger partial charge in [-0.15, -0.1) is 0 Å². The summed E-state index contributed by atoms with van der Waals surface area (Å²) < 4.78 is 6.18. The number of allylic oxidation sites excluding steroid dienone is 1. The zero-order valence-corrected chi connectivity index (χ0v) is 20.5. The van der Waals surface area contributed by atoms with Crippen molar-refractivity contribution in [3.8, 4) is 0 Å². The van der Waals surface area contributed by atoms with Crippen LogP contribution >= 0.6 is 28.1 Å². The van der Waals surface area contributed by atoms with E-state index in [4.69, 9.17) is 17.0 Å². The molecule has 0 aliphatic carbocycles. The van der Waals surface area contributed by atoms with E-state index < -0.39 is 12.0 Å². The number of hydrogen-bond acceptors (Lipinski definition) is 4. The van der Waals surface area contributed by atoms with E-state index in [1.165, 1.54) is 0 Å². The van der Waals surface area contributed by atoms with Crippen molar-refractivity contribution in [1.82, 2.24) is 10.2 Å². The summed E-state index contributed by atoms with van der Waals surface area (Å²) in [6.07, 6.45) is 0. The number of urea groups is 1. The number of nitrogens with zero attached hydrogens (tertiary/aromatic N) is 1. The van der Waals surface area contributed by atoms with Gasteiger partial charge in [-0.2, -0.15) is 0 Å². The molecule has 0 saturated heterocycles. The Morgan fingerprint density at radius 1 is 1.12 bits per heavy atom. The minimum atomic E-state index is -0.487. The second kappa shape index (κ2) is 10.6. The molecule has 1 unspecified atom stereocenters. The van der Waals surface area contributed by atoms with Gasteiger partial charge in [-0.1, -0.05) is 34.1 Å². The van der Waals surface area contributed by atoms with E-state index in [9.17, 15) is 9.59 Å². The largest absolute Gasteiger partial charge is 0.463 e. The fourth-order valence-electron chi connectivity index (χ4n) is 3.54. The van der Waals surface area contributed by atoms with E-state index in [1.54, 1.807) is 19.1 Å². The van der Waals surface area contributed by atoms with Gasteiger partial charge in [-0.05, 0) is 68.9 Å². The first kappa shape index (κ1) is 23.7. The third kappa shape index (κ3) is 5.46. The number of rotatable bonds is 6. The fraction of sp³-hybridized carbons (Fsp3) is 0.261. The molecule has 1 heterocycles. The highest BCUT2D eigenvalue weighted by molar-refractivity contribution is 9.10. The van der Waals surface area contributed by atoms with Crippen LogP contribution in [0.25, 0.3) is 0 Å². The number of esters is 1. The van der Waals surface area contributed by atoms with Crippen LogP contribution in [0.3, 0.4) is 0 Å². The summed E-state index contributed by atoms with van der Waals surface area (Å²) in [7, 11) is 0. The van der Waals surface area contributed by atoms with Gasteiger partial charge in [0.05, 0.1) is 18.2 Å². The number of thiocarbonyl (C=S) groups is 1. The van der Waals surface area contributed by atoms with E-state index in [0.29, 0.717) is 28.6 Å². The Morgan fingerprint density at radius 3 is 2.41 bits per heavy atom. The van der Waals surface area contributed by atoms with Crippen molar-refractivity contribution in [3.63, 3.8) is 0 Å². The van der Waals surface area contributed by atoms with Crippen LogP contribution in [0.1, 0.15) is 32.4 Å². The van der Waals surface area contributed by atoms with Crippen molar-refractivity contribution in [2.75, 3.05) is 23.8 Å². The van der Waals surface area contributed by atoms with E-state index >= 15 is 0 Å². The predicted molar refractivity (Wildman–Crippen MR) is 133 cm³/mol. The van der Waals surface area contributed by atoms with Gasteiger partial charge < -0.3 is 25.6 Å². The SMILES string of the molecule is CCOC(=O)C1=C(C)N(CC)C(=S)NC1c1cccc(NC(=O)Nc2cccc(Br)c2)c1. The average molecular weight is 517 g/mol. The maximum Gasteiger partial charge on any atom is 0.338 e. The lowest BCUT2D eigenvalue weighted by molar-refractivity contribution is -0.139. The number of benzene rings is 2. The first-order valence-electron chi connectivity index (χ1n) is 10.2. The predicted octanol–water partition coefficient (Wildman–Crippen LogP) is 5.18. The lowest BCUT2D eigenvalue weighted by Gasteiger charge is -2.37. The Hall–Kier alpha value is -2.91. The van der Waals surface area contributed by atoms with Crippen LogP contribution in [-0.2, 0) is 9.53 Å². The zero-order chi connectivity index (χ0) is 23.3. The standard InChI is InChI=1S/C23H25BrN4O3S/c1-4-28-14(3)19(21(29)31-5-2)20(27-23(28)32)15-8-6-10-17(12-15)25-22(30)26-18-11-7-9-16(24)13-18/h6-13,20H,4-5H2,1-3H3,(H,27,32)(H2,25,26,30). The van der Waals surface area contributed by atoms with Gasteiger partial charge in [-0.25, -0.2) is 9.59 Å². The number of carbonyl (C=O) groups is 2. The second-order valence-corrected chi connectivity index (χ2v) is 8.36. The number of nitrogens with one attached hydrogen (secondary N) is 3. The van der Waals surface area contributed by atoms with E-state index in [2.05, 4.69) is 31.9 Å². The van der Waals surface area contributed by atoms with Gasteiger partial charge in [0.1, 0.15) is 0 Å². The molecule has 1 aliphatic heterocycles. The first-order valence-corrected chi connectivity index (χ1v) is 11.4. The third-order valence-electron chi connectivity index (χ3n) is 4.97. The summed E-state index contributed by atoms with van der Waals surface area (Å²) in [4.78, 5) is 27.1. The zero-order valence-electron chi connectivity index (χ0n) is 18.1. The minimum Gasteiger partial charge on any atom is -0.463 e. The molecule has 1 atom stereocenters. The van der Waals surface area contributed by atoms with Crippen molar-refractivity contribution in [2.24, 2.45) is 0 Å². The Balaban J connectivity index is 1.86. The smallest absolute Gasteiger partial charge is 0.338 e. The molecule has 7 nitrogen and oxygen atoms in total. The van der Waals surface area contributed by atoms with Crippen LogP contribution in [0.5, 0.6) is 0 Å². The molecule has 3 N–H and O–H groups in total. The molecular formula is C23H25BrN4O3S. The van der Waals surface area contributed by atoms with Gasteiger partial charge in [-0.3, -0.25) is 0 Å². The summed E-state index contributed by atoms with van der Waals surface area (Å²) in [5.74, 6) is -0.394. The van der Waals surface area contributed by atoms with Crippen LogP contribution in [-0.4, -0.2) is 35.2 Å². The summed E-state index contributed by atoms with van der Waals surface area (Å²) in [6.45, 7) is 6.51. The van der Waals surface area contributed by atoms with Crippen LogP contribution in [0.15, 0.2) is 64.3 Å². The second-order valence-electron chi connectivity index (χ2n) is 7.06. The van der Waals surface area contributed by atoms with Gasteiger partial charge in [0.2, 0.25) is 0 Å². The van der Waals surface area contributed by atoms with Crippen molar-refractivity contribution in [2.45, 2.75) is 26.8 Å². The van der Waals surface area contributed by atoms with Gasteiger partial charge in [0.15, 0.2) is 5.11 Å². The Labute approximate surface area is 201 Å². The minimum absolute atomic E-state index is 0.274. The van der Waals surface area contributed by atoms with Gasteiger partial charge in [0.25, 0.3) is 0 Å². The van der Waals surface area contributed by atoms with Crippen LogP contribution < -0.4 is 16.0 Å². The number of amides is 2. The molecule has 168 valence electrons. The molecular weight excluding hydrogens is 492 g/mol. The van der Waals surface area contributed by atoms with Crippen molar-refractivity contribution in [3.05, 3.63) is 69.8 Å². The Bertz CT molecular complexity index is 1070. The molecule has 0 aromatic heterocycles. The molecule has 0 bridgehead atoms. The summed E-state index contributed by atoms with van der Waals surface area (Å²) in [5.41, 5.74) is 3.28. The van der Waals surface area contributed by atoms with Crippen LogP contribution in [0, 0.1) is 0 Å². The highest BCUT2D eigenvalue weighted by Crippen LogP contribution is 2.32. The molecule has 0 radical (unpaired) electrons. The fourth-order valence-corrected chi connectivity index (χ4v) is 4.32. The van der Waals surface area contributed by atoms with Crippen molar-refractivity contribution < 1.29 is 14.3 Å². The normalized spacial score (nSPS) is 15.8. The van der Waals surface area contributed by atoms with Gasteiger partial charge in [0, 0.05) is 28.1 Å². The molecule has 0 saturated carbocycles. The molecule has 2 aromatic carbocycles. The Morgan fingerprint density at radius 2 is 1.78 bits per heavy atom. The summed E-state index contributed by atoms with van der Waals surface area (Å²) in [6, 6.07) is 13.8. The molecule has 9 heteroatoms. The number of carbonyl (C=O) groups excluding carboxylic acids is 2. The number of halogens is 1. The molecule has 0 fully saturated rings. The van der Waals surface area contributed by atoms with E-state index in [0.717, 1.165) is 15.7 Å². The monoisotopic (exact) mass is 516 g/mol. The lowest BCUT2D eigenvalue weighted by atomic mass is 9.94. The molecule has 1 aliphatic rings. The van der Waals surface area contributed by atoms with E-state index in [1.807, 2.05) is 55.1 Å². The molecule has 3 rings (SSSR count). The van der Waals surface area contributed by atoms with Gasteiger partial charge >= 0.3 is 12.0 Å². The number of ether oxygens (including phenoxy) is 1. The quantitative estimate of drug-likeness (QED) is 0.362. The van der Waals surface area contributed by atoms with E-state index in [-0.39, 0.29) is 12.6 Å². The Kier molecular flexibility index (Phi) is 7.87. The van der Waals surface area contributed by atoms with Crippen LogP contribution in [0.4, 0.5) is 16.2 Å². The third-order valence-corrected chi connectivity index (χ3v) is 5.80. The first-order chi connectivity index (χ1) is 15.3. The molecule has 2 amide bonds. The molecule has 0 spiro atoms. The molecule has 32 heavy (non-hydrogen) atoms. The highest BCUT2D eigenvalue weighted by atomic mass is 79.9. The average Bonchev–Trinajstić information content (AvgIpc) is 2.74. The number of hydrogen-bond donors (Lipinski definition) is 3. The lowest BCUT2D eigenvalue weighted by Crippen LogP contribution is -2.47. The molecule has 2 aromatic rings. The van der Waals surface area contributed by atoms with Crippen molar-refractivity contribution >= 4 is 56.6 Å². The summed E-state index contributed by atoms with van der Waals surface area (Å²) in [5, 5.41) is 9.41.